The number of aliphatic imine (C=N–C) groups is 1. The second kappa shape index (κ2) is 9.41. The molecule has 0 amide bonds. The molecular weight excluding hydrogens is 218 g/mol. The maximum absolute atomic E-state index is 3.92. The summed E-state index contributed by atoms with van der Waals surface area (Å²) in [6, 6.07) is 0. The molecule has 1 heteroatoms. The summed E-state index contributed by atoms with van der Waals surface area (Å²) in [6.07, 6.45) is 14.3. The van der Waals surface area contributed by atoms with E-state index in [-0.39, 0.29) is 0 Å². The zero-order valence-corrected chi connectivity index (χ0v) is 12.5. The molecule has 0 atom stereocenters. The highest BCUT2D eigenvalue weighted by Gasteiger charge is 1.85. The van der Waals surface area contributed by atoms with Crippen LogP contribution in [0, 0.1) is 0 Å². The molecule has 0 spiro atoms. The third-order valence-corrected chi connectivity index (χ3v) is 2.59. The topological polar surface area (TPSA) is 12.4 Å². The fraction of sp³-hybridized carbons (Fsp3) is 0.353. The molecule has 0 aliphatic carbocycles. The van der Waals surface area contributed by atoms with Crippen LogP contribution in [0.2, 0.25) is 0 Å². The Kier molecular flexibility index (Phi) is 8.55. The fourth-order valence-corrected chi connectivity index (χ4v) is 1.08. The van der Waals surface area contributed by atoms with Gasteiger partial charge in [-0.25, -0.2) is 0 Å². The highest BCUT2D eigenvalue weighted by atomic mass is 14.6. The molecule has 0 N–H and O–H groups in total. The summed E-state index contributed by atoms with van der Waals surface area (Å²) in [5.41, 5.74) is 5.10. The van der Waals surface area contributed by atoms with Crippen molar-refractivity contribution in [2.24, 2.45) is 4.99 Å². The number of nitrogens with zero attached hydrogens (tertiary/aromatic N) is 1. The first kappa shape index (κ1) is 16.4. The molecule has 0 fully saturated rings. The van der Waals surface area contributed by atoms with E-state index in [4.69, 9.17) is 0 Å². The zero-order valence-electron chi connectivity index (χ0n) is 12.5. The molecule has 0 unspecified atom stereocenters. The van der Waals surface area contributed by atoms with Gasteiger partial charge in [0.1, 0.15) is 0 Å². The molecule has 0 aromatic heterocycles. The van der Waals surface area contributed by atoms with Gasteiger partial charge in [0, 0.05) is 13.3 Å². The molecule has 18 heavy (non-hydrogen) atoms. The molecule has 0 aliphatic rings. The van der Waals surface area contributed by atoms with E-state index in [1.165, 1.54) is 22.3 Å². The molecular formula is C17H25N. The van der Waals surface area contributed by atoms with Crippen LogP contribution >= 0.6 is 0 Å². The minimum Gasteiger partial charge on any atom is -0.297 e. The van der Waals surface area contributed by atoms with Crippen molar-refractivity contribution in [1.29, 1.82) is 0 Å². The first-order valence-corrected chi connectivity index (χ1v) is 6.23. The second-order valence-corrected chi connectivity index (χ2v) is 4.60. The molecule has 1 nitrogen and oxygen atoms in total. The van der Waals surface area contributed by atoms with Gasteiger partial charge in [0.15, 0.2) is 0 Å². The van der Waals surface area contributed by atoms with Crippen molar-refractivity contribution in [1.82, 2.24) is 0 Å². The van der Waals surface area contributed by atoms with Gasteiger partial charge in [0.2, 0.25) is 0 Å². The lowest BCUT2D eigenvalue weighted by atomic mass is 10.1. The van der Waals surface area contributed by atoms with E-state index >= 15 is 0 Å². The first-order chi connectivity index (χ1) is 8.47. The van der Waals surface area contributed by atoms with E-state index in [0.29, 0.717) is 0 Å². The van der Waals surface area contributed by atoms with Crippen LogP contribution in [0.1, 0.15) is 34.6 Å². The molecule has 0 aromatic carbocycles. The Hall–Kier alpha value is -1.63. The lowest BCUT2D eigenvalue weighted by Crippen LogP contribution is -1.75. The molecule has 0 aromatic rings. The van der Waals surface area contributed by atoms with Crippen LogP contribution in [0.15, 0.2) is 63.7 Å². The molecule has 0 heterocycles. The Morgan fingerprint density at radius 2 is 1.39 bits per heavy atom. The van der Waals surface area contributed by atoms with Gasteiger partial charge in [-0.1, -0.05) is 47.1 Å². The van der Waals surface area contributed by atoms with Gasteiger partial charge in [0.25, 0.3) is 0 Å². The normalized spacial score (nSPS) is 14.1. The molecule has 0 rings (SSSR count). The van der Waals surface area contributed by atoms with Gasteiger partial charge >= 0.3 is 0 Å². The molecule has 0 saturated heterocycles. The van der Waals surface area contributed by atoms with Crippen molar-refractivity contribution in [3.05, 3.63) is 58.7 Å². The van der Waals surface area contributed by atoms with Crippen LogP contribution in [-0.2, 0) is 0 Å². The Labute approximate surface area is 112 Å². The van der Waals surface area contributed by atoms with E-state index in [0.717, 1.165) is 0 Å². The summed E-state index contributed by atoms with van der Waals surface area (Å²) in [7, 11) is 1.77. The Morgan fingerprint density at radius 1 is 0.778 bits per heavy atom. The summed E-state index contributed by atoms with van der Waals surface area (Å²) < 4.78 is 0. The molecule has 0 bridgehead atoms. The molecule has 0 aliphatic heterocycles. The average Bonchev–Trinajstić information content (AvgIpc) is 2.33. The van der Waals surface area contributed by atoms with E-state index in [9.17, 15) is 0 Å². The quantitative estimate of drug-likeness (QED) is 0.473. The van der Waals surface area contributed by atoms with Gasteiger partial charge in [-0.3, -0.25) is 4.99 Å². The summed E-state index contributed by atoms with van der Waals surface area (Å²) in [6.45, 7) is 10.5. The SMILES string of the molecule is CN=C/C=C(C)/C=C/C=C(C)/C=C/C(C)=C(C)C. The predicted molar refractivity (Wildman–Crippen MR) is 84.3 cm³/mol. The maximum atomic E-state index is 3.92. The number of hydrogen-bond acceptors (Lipinski definition) is 1. The number of allylic oxidation sites excluding steroid dienone is 10. The third kappa shape index (κ3) is 8.51. The van der Waals surface area contributed by atoms with Gasteiger partial charge in [-0.05, 0) is 46.3 Å². The van der Waals surface area contributed by atoms with Crippen LogP contribution in [0.5, 0.6) is 0 Å². The molecule has 0 saturated carbocycles. The first-order valence-electron chi connectivity index (χ1n) is 6.23. The monoisotopic (exact) mass is 243 g/mol. The van der Waals surface area contributed by atoms with Gasteiger partial charge in [0.05, 0.1) is 0 Å². The average molecular weight is 243 g/mol. The van der Waals surface area contributed by atoms with Crippen molar-refractivity contribution in [2.75, 3.05) is 7.05 Å². The van der Waals surface area contributed by atoms with Gasteiger partial charge < -0.3 is 0 Å². The van der Waals surface area contributed by atoms with Crippen LogP contribution in [0.3, 0.4) is 0 Å². The minimum atomic E-state index is 1.19. The number of hydrogen-bond donors (Lipinski definition) is 0. The smallest absolute Gasteiger partial charge is 0.0277 e. The van der Waals surface area contributed by atoms with Crippen LogP contribution in [0.25, 0.3) is 0 Å². The summed E-state index contributed by atoms with van der Waals surface area (Å²) in [5.74, 6) is 0. The van der Waals surface area contributed by atoms with E-state index in [2.05, 4.69) is 70.0 Å². The maximum Gasteiger partial charge on any atom is 0.0277 e. The lowest BCUT2D eigenvalue weighted by Gasteiger charge is -1.95. The van der Waals surface area contributed by atoms with Crippen molar-refractivity contribution in [3.8, 4) is 0 Å². The van der Waals surface area contributed by atoms with Crippen LogP contribution in [0.4, 0.5) is 0 Å². The summed E-state index contributed by atoms with van der Waals surface area (Å²) >= 11 is 0. The second-order valence-electron chi connectivity index (χ2n) is 4.60. The third-order valence-electron chi connectivity index (χ3n) is 2.59. The van der Waals surface area contributed by atoms with Crippen molar-refractivity contribution < 1.29 is 0 Å². The minimum absolute atomic E-state index is 1.19. The largest absolute Gasteiger partial charge is 0.297 e. The summed E-state index contributed by atoms with van der Waals surface area (Å²) in [4.78, 5) is 3.92. The highest BCUT2D eigenvalue weighted by Crippen LogP contribution is 2.06. The van der Waals surface area contributed by atoms with Gasteiger partial charge in [-0.15, -0.1) is 0 Å². The molecule has 98 valence electrons. The number of rotatable bonds is 5. The lowest BCUT2D eigenvalue weighted by molar-refractivity contribution is 1.29. The van der Waals surface area contributed by atoms with E-state index < -0.39 is 0 Å². The Morgan fingerprint density at radius 3 is 1.94 bits per heavy atom. The highest BCUT2D eigenvalue weighted by molar-refractivity contribution is 5.72. The Balaban J connectivity index is 4.54. The standard InChI is InChI=1S/C17H25N/c1-14(2)17(5)11-10-15(3)8-7-9-16(4)12-13-18-6/h7-13H,1-6H3/b9-7+,11-10+,15-8+,16-12+,18-13?. The van der Waals surface area contributed by atoms with Crippen molar-refractivity contribution in [3.63, 3.8) is 0 Å². The van der Waals surface area contributed by atoms with Crippen molar-refractivity contribution in [2.45, 2.75) is 34.6 Å². The zero-order chi connectivity index (χ0) is 14.0. The van der Waals surface area contributed by atoms with E-state index in [1.807, 2.05) is 6.08 Å². The van der Waals surface area contributed by atoms with E-state index in [1.54, 1.807) is 13.3 Å². The Bertz CT molecular complexity index is 423. The van der Waals surface area contributed by atoms with Crippen LogP contribution < -0.4 is 0 Å². The van der Waals surface area contributed by atoms with Crippen LogP contribution in [-0.4, -0.2) is 13.3 Å². The summed E-state index contributed by atoms with van der Waals surface area (Å²) in [5, 5.41) is 0. The fourth-order valence-electron chi connectivity index (χ4n) is 1.08. The predicted octanol–water partition coefficient (Wildman–Crippen LogP) is 5.05. The molecule has 0 radical (unpaired) electrons. The van der Waals surface area contributed by atoms with Crippen molar-refractivity contribution >= 4 is 6.21 Å². The van der Waals surface area contributed by atoms with Gasteiger partial charge in [-0.2, -0.15) is 0 Å².